The molecule has 0 spiro atoms. The molecule has 0 aliphatic carbocycles. The van der Waals surface area contributed by atoms with Gasteiger partial charge in [-0.05, 0) is 42.7 Å². The normalized spacial score (nSPS) is 13.9. The van der Waals surface area contributed by atoms with E-state index in [-0.39, 0.29) is 23.5 Å². The van der Waals surface area contributed by atoms with E-state index in [1.165, 1.54) is 29.2 Å². The van der Waals surface area contributed by atoms with Crippen molar-refractivity contribution in [3.05, 3.63) is 75.5 Å². The summed E-state index contributed by atoms with van der Waals surface area (Å²) >= 11 is 0. The molecule has 0 saturated heterocycles. The van der Waals surface area contributed by atoms with Gasteiger partial charge in [0.05, 0.1) is 10.5 Å². The van der Waals surface area contributed by atoms with E-state index >= 15 is 0 Å². The first kappa shape index (κ1) is 20.2. The number of hydrogen-bond donors (Lipinski definition) is 1. The molecule has 0 atom stereocenters. The summed E-state index contributed by atoms with van der Waals surface area (Å²) in [7, 11) is 1.55. The molecule has 0 fully saturated rings. The van der Waals surface area contributed by atoms with E-state index in [0.29, 0.717) is 24.3 Å². The lowest BCUT2D eigenvalue weighted by molar-refractivity contribution is -0.384. The van der Waals surface area contributed by atoms with Crippen LogP contribution in [0.5, 0.6) is 0 Å². The third-order valence-electron chi connectivity index (χ3n) is 4.67. The largest absolute Gasteiger partial charge is 0.385 e. The predicted octanol–water partition coefficient (Wildman–Crippen LogP) is 3.13. The number of nitro benzene ring substituents is 1. The first-order valence-electron chi connectivity index (χ1n) is 9.11. The maximum Gasteiger partial charge on any atom is 0.278 e. The van der Waals surface area contributed by atoms with E-state index in [1.54, 1.807) is 7.11 Å². The second kappa shape index (κ2) is 8.66. The summed E-state index contributed by atoms with van der Waals surface area (Å²) in [6, 6.07) is 13.0. The van der Waals surface area contributed by atoms with Crippen LogP contribution in [0.2, 0.25) is 0 Å². The van der Waals surface area contributed by atoms with Crippen LogP contribution in [-0.4, -0.2) is 41.9 Å². The van der Waals surface area contributed by atoms with Gasteiger partial charge in [0.1, 0.15) is 5.70 Å². The Hall–Kier alpha value is -3.52. The van der Waals surface area contributed by atoms with E-state index in [0.717, 1.165) is 5.56 Å². The second-order valence-corrected chi connectivity index (χ2v) is 6.60. The number of imide groups is 1. The van der Waals surface area contributed by atoms with Crippen LogP contribution < -0.4 is 5.32 Å². The van der Waals surface area contributed by atoms with Crippen molar-refractivity contribution in [2.24, 2.45) is 0 Å². The molecule has 8 heteroatoms. The average molecular weight is 395 g/mol. The number of methoxy groups -OCH3 is 1. The summed E-state index contributed by atoms with van der Waals surface area (Å²) in [5.41, 5.74) is 2.35. The zero-order valence-electron chi connectivity index (χ0n) is 16.2. The van der Waals surface area contributed by atoms with Gasteiger partial charge in [0.25, 0.3) is 17.5 Å². The Bertz CT molecular complexity index is 982. The Morgan fingerprint density at radius 2 is 1.76 bits per heavy atom. The highest BCUT2D eigenvalue weighted by Gasteiger charge is 2.39. The van der Waals surface area contributed by atoms with Gasteiger partial charge in [-0.25, -0.2) is 0 Å². The highest BCUT2D eigenvalue weighted by molar-refractivity contribution is 6.36. The van der Waals surface area contributed by atoms with Crippen molar-refractivity contribution in [1.82, 2.24) is 4.90 Å². The van der Waals surface area contributed by atoms with Crippen LogP contribution in [0.25, 0.3) is 5.57 Å². The molecule has 1 aliphatic rings. The molecule has 1 aliphatic heterocycles. The highest BCUT2D eigenvalue weighted by atomic mass is 16.6. The highest BCUT2D eigenvalue weighted by Crippen LogP contribution is 2.32. The number of amides is 2. The molecule has 0 bridgehead atoms. The van der Waals surface area contributed by atoms with E-state index in [9.17, 15) is 19.7 Å². The summed E-state index contributed by atoms with van der Waals surface area (Å²) in [6.45, 7) is 2.54. The molecule has 3 rings (SSSR count). The Labute approximate surface area is 167 Å². The van der Waals surface area contributed by atoms with Gasteiger partial charge in [-0.1, -0.05) is 18.2 Å². The molecular weight excluding hydrogens is 374 g/mol. The van der Waals surface area contributed by atoms with Crippen LogP contribution in [0.3, 0.4) is 0 Å². The van der Waals surface area contributed by atoms with Crippen molar-refractivity contribution >= 4 is 28.8 Å². The van der Waals surface area contributed by atoms with Crippen LogP contribution in [0.4, 0.5) is 11.4 Å². The topological polar surface area (TPSA) is 102 Å². The van der Waals surface area contributed by atoms with Crippen molar-refractivity contribution in [2.45, 2.75) is 13.3 Å². The van der Waals surface area contributed by atoms with Crippen molar-refractivity contribution in [2.75, 3.05) is 25.6 Å². The smallest absolute Gasteiger partial charge is 0.278 e. The Morgan fingerprint density at radius 3 is 2.38 bits per heavy atom. The van der Waals surface area contributed by atoms with E-state index in [1.807, 2.05) is 31.2 Å². The zero-order chi connectivity index (χ0) is 21.0. The minimum Gasteiger partial charge on any atom is -0.385 e. The maximum absolute atomic E-state index is 13.0. The SMILES string of the molecule is COCCCN1C(=O)C(Nc2ccccc2C)=C(c2ccc([N+](=O)[O-])cc2)C1=O. The number of para-hydroxylation sites is 1. The quantitative estimate of drug-likeness (QED) is 0.319. The number of rotatable bonds is 8. The molecule has 1 N–H and O–H groups in total. The number of carbonyl (C=O) groups excluding carboxylic acids is 2. The zero-order valence-corrected chi connectivity index (χ0v) is 16.2. The predicted molar refractivity (Wildman–Crippen MR) is 108 cm³/mol. The summed E-state index contributed by atoms with van der Waals surface area (Å²) in [4.78, 5) is 37.7. The maximum atomic E-state index is 13.0. The van der Waals surface area contributed by atoms with Crippen molar-refractivity contribution in [3.63, 3.8) is 0 Å². The molecule has 29 heavy (non-hydrogen) atoms. The van der Waals surface area contributed by atoms with Crippen molar-refractivity contribution in [1.29, 1.82) is 0 Å². The fourth-order valence-electron chi connectivity index (χ4n) is 3.13. The minimum absolute atomic E-state index is 0.0866. The third kappa shape index (κ3) is 4.17. The molecule has 1 heterocycles. The van der Waals surface area contributed by atoms with Gasteiger partial charge in [0.15, 0.2) is 0 Å². The van der Waals surface area contributed by atoms with Crippen LogP contribution in [0, 0.1) is 17.0 Å². The molecule has 0 aromatic heterocycles. The average Bonchev–Trinajstić information content (AvgIpc) is 2.94. The van der Waals surface area contributed by atoms with Crippen LogP contribution in [0.15, 0.2) is 54.2 Å². The number of nitro groups is 1. The molecule has 0 saturated carbocycles. The number of aryl methyl sites for hydroxylation is 1. The van der Waals surface area contributed by atoms with Gasteiger partial charge in [0.2, 0.25) is 0 Å². The van der Waals surface area contributed by atoms with Crippen molar-refractivity contribution in [3.8, 4) is 0 Å². The lowest BCUT2D eigenvalue weighted by atomic mass is 10.0. The fraction of sp³-hybridized carbons (Fsp3) is 0.238. The number of nitrogens with zero attached hydrogens (tertiary/aromatic N) is 2. The molecule has 150 valence electrons. The van der Waals surface area contributed by atoms with E-state index in [4.69, 9.17) is 4.74 Å². The van der Waals surface area contributed by atoms with Crippen LogP contribution in [-0.2, 0) is 14.3 Å². The number of non-ortho nitro benzene ring substituents is 1. The Kier molecular flexibility index (Phi) is 6.04. The van der Waals surface area contributed by atoms with Gasteiger partial charge in [-0.2, -0.15) is 0 Å². The van der Waals surface area contributed by atoms with E-state index < -0.39 is 16.7 Å². The molecule has 0 unspecified atom stereocenters. The first-order valence-corrected chi connectivity index (χ1v) is 9.11. The number of ether oxygens (including phenoxy) is 1. The number of benzene rings is 2. The number of carbonyl (C=O) groups is 2. The van der Waals surface area contributed by atoms with Crippen LogP contribution in [0.1, 0.15) is 17.5 Å². The second-order valence-electron chi connectivity index (χ2n) is 6.60. The number of nitrogens with one attached hydrogen (secondary N) is 1. The number of hydrogen-bond acceptors (Lipinski definition) is 6. The minimum atomic E-state index is -0.511. The van der Waals surface area contributed by atoms with E-state index in [2.05, 4.69) is 5.32 Å². The van der Waals surface area contributed by atoms with Crippen molar-refractivity contribution < 1.29 is 19.2 Å². The van der Waals surface area contributed by atoms with Gasteiger partial charge < -0.3 is 10.1 Å². The first-order chi connectivity index (χ1) is 13.9. The Balaban J connectivity index is 2.02. The number of anilines is 1. The molecule has 0 radical (unpaired) electrons. The van der Waals surface area contributed by atoms with Gasteiger partial charge in [0, 0.05) is 38.1 Å². The summed E-state index contributed by atoms with van der Waals surface area (Å²) in [6.07, 6.45) is 0.513. The summed E-state index contributed by atoms with van der Waals surface area (Å²) < 4.78 is 5.02. The third-order valence-corrected chi connectivity index (χ3v) is 4.67. The van der Waals surface area contributed by atoms with Gasteiger partial charge in [-0.15, -0.1) is 0 Å². The molecular formula is C21H21N3O5. The van der Waals surface area contributed by atoms with Crippen LogP contribution >= 0.6 is 0 Å². The fourth-order valence-corrected chi connectivity index (χ4v) is 3.13. The molecule has 2 aromatic rings. The monoisotopic (exact) mass is 395 g/mol. The Morgan fingerprint density at radius 1 is 1.07 bits per heavy atom. The summed E-state index contributed by atoms with van der Waals surface area (Å²) in [5, 5.41) is 14.0. The summed E-state index contributed by atoms with van der Waals surface area (Å²) in [5.74, 6) is -0.862. The lowest BCUT2D eigenvalue weighted by Gasteiger charge is -2.15. The van der Waals surface area contributed by atoms with Gasteiger partial charge >= 0.3 is 0 Å². The van der Waals surface area contributed by atoms with Gasteiger partial charge in [-0.3, -0.25) is 24.6 Å². The molecule has 8 nitrogen and oxygen atoms in total. The molecule has 2 aromatic carbocycles. The standard InChI is InChI=1S/C21H21N3O5/c1-14-6-3-4-7-17(14)22-19-18(15-8-10-16(11-9-15)24(27)28)20(25)23(21(19)26)12-5-13-29-2/h3-4,6-11,22H,5,12-13H2,1-2H3. The molecule has 2 amide bonds. The lowest BCUT2D eigenvalue weighted by Crippen LogP contribution is -2.33.